The highest BCUT2D eigenvalue weighted by atomic mass is 32.2. The van der Waals surface area contributed by atoms with Crippen LogP contribution in [0, 0.1) is 11.2 Å². The second-order valence-corrected chi connectivity index (χ2v) is 7.51. The molecule has 1 fully saturated rings. The van der Waals surface area contributed by atoms with Crippen molar-refractivity contribution in [2.45, 2.75) is 38.4 Å². The molecule has 0 amide bonds. The summed E-state index contributed by atoms with van der Waals surface area (Å²) in [5, 5.41) is 10.3. The Labute approximate surface area is 117 Å². The van der Waals surface area contributed by atoms with Crippen molar-refractivity contribution >= 4 is 11.8 Å². The van der Waals surface area contributed by atoms with Crippen molar-refractivity contribution in [1.82, 2.24) is 0 Å². The minimum absolute atomic E-state index is 0.188. The fourth-order valence-corrected chi connectivity index (χ4v) is 4.70. The summed E-state index contributed by atoms with van der Waals surface area (Å²) in [7, 11) is 0. The molecule has 0 radical (unpaired) electrons. The van der Waals surface area contributed by atoms with E-state index in [4.69, 9.17) is 4.74 Å². The second-order valence-electron chi connectivity index (χ2n) is 6.52. The Hall–Kier alpha value is -0.740. The van der Waals surface area contributed by atoms with Gasteiger partial charge in [0.25, 0.3) is 0 Å². The molecule has 2 atom stereocenters. The molecule has 104 valence electrons. The van der Waals surface area contributed by atoms with Gasteiger partial charge in [0.2, 0.25) is 0 Å². The SMILES string of the molecule is CC1(C)CSCC2(C[C@@H](O)c3ccc(F)cc3O2)C1. The Morgan fingerprint density at radius 1 is 1.37 bits per heavy atom. The summed E-state index contributed by atoms with van der Waals surface area (Å²) in [6, 6.07) is 4.40. The fourth-order valence-electron chi connectivity index (χ4n) is 3.29. The molecule has 2 heterocycles. The third kappa shape index (κ3) is 2.48. The van der Waals surface area contributed by atoms with Gasteiger partial charge in [0.1, 0.15) is 17.2 Å². The lowest BCUT2D eigenvalue weighted by molar-refractivity contribution is -0.0257. The molecule has 1 unspecified atom stereocenters. The maximum absolute atomic E-state index is 13.4. The Morgan fingerprint density at radius 3 is 2.89 bits per heavy atom. The number of rotatable bonds is 0. The van der Waals surface area contributed by atoms with Gasteiger partial charge in [-0.1, -0.05) is 13.8 Å². The minimum Gasteiger partial charge on any atom is -0.486 e. The van der Waals surface area contributed by atoms with Crippen LogP contribution in [0.3, 0.4) is 0 Å². The molecule has 3 rings (SSSR count). The van der Waals surface area contributed by atoms with E-state index < -0.39 is 6.10 Å². The lowest BCUT2D eigenvalue weighted by Crippen LogP contribution is -2.50. The average Bonchev–Trinajstić information content (AvgIpc) is 2.25. The molecule has 0 bridgehead atoms. The van der Waals surface area contributed by atoms with Gasteiger partial charge in [0, 0.05) is 23.8 Å². The van der Waals surface area contributed by atoms with Gasteiger partial charge in [0.05, 0.1) is 6.10 Å². The molecule has 1 aromatic carbocycles. The highest BCUT2D eigenvalue weighted by Gasteiger charge is 2.46. The summed E-state index contributed by atoms with van der Waals surface area (Å²) in [6.45, 7) is 4.44. The van der Waals surface area contributed by atoms with Crippen LogP contribution in [0.2, 0.25) is 0 Å². The first-order valence-electron chi connectivity index (χ1n) is 6.64. The maximum Gasteiger partial charge on any atom is 0.128 e. The molecular formula is C15H19FO2S. The zero-order chi connectivity index (χ0) is 13.7. The number of fused-ring (bicyclic) bond motifs is 1. The zero-order valence-electron chi connectivity index (χ0n) is 11.3. The highest BCUT2D eigenvalue weighted by Crippen LogP contribution is 2.49. The van der Waals surface area contributed by atoms with Crippen LogP contribution in [0.25, 0.3) is 0 Å². The minimum atomic E-state index is -0.557. The predicted octanol–water partition coefficient (Wildman–Crippen LogP) is 3.54. The number of aliphatic hydroxyl groups excluding tert-OH is 1. The van der Waals surface area contributed by atoms with E-state index in [0.717, 1.165) is 17.9 Å². The molecule has 0 saturated carbocycles. The summed E-state index contributed by atoms with van der Waals surface area (Å²) >= 11 is 1.86. The molecule has 0 aliphatic carbocycles. The summed E-state index contributed by atoms with van der Waals surface area (Å²) in [6.07, 6.45) is 0.945. The second kappa shape index (κ2) is 4.38. The maximum atomic E-state index is 13.4. The predicted molar refractivity (Wildman–Crippen MR) is 75.1 cm³/mol. The van der Waals surface area contributed by atoms with Crippen molar-refractivity contribution in [1.29, 1.82) is 0 Å². The van der Waals surface area contributed by atoms with Crippen molar-refractivity contribution in [3.63, 3.8) is 0 Å². The van der Waals surface area contributed by atoms with E-state index in [9.17, 15) is 9.50 Å². The Morgan fingerprint density at radius 2 is 2.16 bits per heavy atom. The first-order valence-corrected chi connectivity index (χ1v) is 7.79. The van der Waals surface area contributed by atoms with Gasteiger partial charge in [-0.15, -0.1) is 0 Å². The van der Waals surface area contributed by atoms with Gasteiger partial charge < -0.3 is 9.84 Å². The van der Waals surface area contributed by atoms with E-state index >= 15 is 0 Å². The van der Waals surface area contributed by atoms with Crippen LogP contribution in [-0.4, -0.2) is 22.2 Å². The average molecular weight is 282 g/mol. The van der Waals surface area contributed by atoms with Gasteiger partial charge in [-0.2, -0.15) is 11.8 Å². The zero-order valence-corrected chi connectivity index (χ0v) is 12.1. The van der Waals surface area contributed by atoms with Crippen LogP contribution in [0.1, 0.15) is 38.4 Å². The summed E-state index contributed by atoms with van der Waals surface area (Å²) in [4.78, 5) is 0. The number of hydrogen-bond acceptors (Lipinski definition) is 3. The van der Waals surface area contributed by atoms with Gasteiger partial charge in [-0.25, -0.2) is 4.39 Å². The van der Waals surface area contributed by atoms with Crippen LogP contribution < -0.4 is 4.74 Å². The molecule has 19 heavy (non-hydrogen) atoms. The molecule has 2 aliphatic rings. The molecule has 1 aromatic rings. The molecule has 0 aromatic heterocycles. The first-order chi connectivity index (χ1) is 8.89. The lowest BCUT2D eigenvalue weighted by atomic mass is 9.77. The van der Waals surface area contributed by atoms with Crippen molar-refractivity contribution < 1.29 is 14.2 Å². The van der Waals surface area contributed by atoms with Crippen molar-refractivity contribution in [3.8, 4) is 5.75 Å². The van der Waals surface area contributed by atoms with E-state index in [0.29, 0.717) is 17.7 Å². The van der Waals surface area contributed by atoms with E-state index in [1.54, 1.807) is 6.07 Å². The van der Waals surface area contributed by atoms with E-state index in [-0.39, 0.29) is 16.8 Å². The Kier molecular flexibility index (Phi) is 3.06. The highest BCUT2D eigenvalue weighted by molar-refractivity contribution is 7.99. The smallest absolute Gasteiger partial charge is 0.128 e. The molecular weight excluding hydrogens is 263 g/mol. The van der Waals surface area contributed by atoms with Gasteiger partial charge in [0.15, 0.2) is 0 Å². The summed E-state index contributed by atoms with van der Waals surface area (Å²) in [5.74, 6) is 2.16. The van der Waals surface area contributed by atoms with Crippen LogP contribution in [-0.2, 0) is 0 Å². The van der Waals surface area contributed by atoms with Crippen LogP contribution in [0.4, 0.5) is 4.39 Å². The van der Waals surface area contributed by atoms with Crippen LogP contribution in [0.15, 0.2) is 18.2 Å². The number of benzene rings is 1. The Bertz CT molecular complexity index is 503. The number of thioether (sulfide) groups is 1. The molecule has 4 heteroatoms. The monoisotopic (exact) mass is 282 g/mol. The van der Waals surface area contributed by atoms with E-state index in [1.807, 2.05) is 11.8 Å². The Balaban J connectivity index is 1.95. The number of halogens is 1. The van der Waals surface area contributed by atoms with Crippen molar-refractivity contribution in [2.75, 3.05) is 11.5 Å². The van der Waals surface area contributed by atoms with Crippen LogP contribution >= 0.6 is 11.8 Å². The summed E-state index contributed by atoms with van der Waals surface area (Å²) < 4.78 is 19.5. The number of aliphatic hydroxyl groups is 1. The van der Waals surface area contributed by atoms with Crippen molar-refractivity contribution in [3.05, 3.63) is 29.6 Å². The normalized spacial score (nSPS) is 32.7. The standard InChI is InChI=1S/C15H19FO2S/c1-14(2)7-15(9-19-8-14)6-12(17)11-4-3-10(16)5-13(11)18-15/h3-5,12,17H,6-9H2,1-2H3/t12-,15?/m1/s1. The third-order valence-electron chi connectivity index (χ3n) is 3.89. The lowest BCUT2D eigenvalue weighted by Gasteiger charge is -2.48. The van der Waals surface area contributed by atoms with Gasteiger partial charge >= 0.3 is 0 Å². The van der Waals surface area contributed by atoms with Gasteiger partial charge in [-0.3, -0.25) is 0 Å². The number of hydrogen-bond donors (Lipinski definition) is 1. The quantitative estimate of drug-likeness (QED) is 0.789. The third-order valence-corrected chi connectivity index (χ3v) is 5.60. The van der Waals surface area contributed by atoms with Crippen LogP contribution in [0.5, 0.6) is 5.75 Å². The molecule has 1 spiro atoms. The fraction of sp³-hybridized carbons (Fsp3) is 0.600. The number of ether oxygens (including phenoxy) is 1. The molecule has 2 nitrogen and oxygen atoms in total. The van der Waals surface area contributed by atoms with E-state index in [2.05, 4.69) is 13.8 Å². The topological polar surface area (TPSA) is 29.5 Å². The first kappa shape index (κ1) is 13.3. The van der Waals surface area contributed by atoms with Crippen molar-refractivity contribution in [2.24, 2.45) is 5.41 Å². The molecule has 2 aliphatic heterocycles. The molecule has 1 saturated heterocycles. The van der Waals surface area contributed by atoms with E-state index in [1.165, 1.54) is 12.1 Å². The molecule has 1 N–H and O–H groups in total. The summed E-state index contributed by atoms with van der Waals surface area (Å²) in [5.41, 5.74) is 0.542. The van der Waals surface area contributed by atoms with Gasteiger partial charge in [-0.05, 0) is 29.7 Å². The largest absolute Gasteiger partial charge is 0.486 e.